The number of nitrogens with two attached hydrogens (primary N) is 1. The Morgan fingerprint density at radius 1 is 1.05 bits per heavy atom. The van der Waals surface area contributed by atoms with Crippen molar-refractivity contribution >= 4 is 0 Å². The van der Waals surface area contributed by atoms with Crippen LogP contribution in [-0.4, -0.2) is 18.6 Å². The van der Waals surface area contributed by atoms with Crippen LogP contribution < -0.4 is 15.2 Å². The van der Waals surface area contributed by atoms with Crippen molar-refractivity contribution in [1.29, 1.82) is 0 Å². The Labute approximate surface area is 124 Å². The van der Waals surface area contributed by atoms with Gasteiger partial charge < -0.3 is 20.3 Å². The fourth-order valence-corrected chi connectivity index (χ4v) is 1.97. The third-order valence-corrected chi connectivity index (χ3v) is 3.04. The Balaban J connectivity index is 2.24. The monoisotopic (exact) mass is 313 g/mol. The molecule has 0 heterocycles. The van der Waals surface area contributed by atoms with E-state index in [0.29, 0.717) is 16.9 Å². The molecule has 7 heteroatoms. The lowest BCUT2D eigenvalue weighted by Crippen LogP contribution is -2.17. The van der Waals surface area contributed by atoms with Crippen molar-refractivity contribution in [1.82, 2.24) is 0 Å². The van der Waals surface area contributed by atoms with Crippen molar-refractivity contribution in [2.75, 3.05) is 7.11 Å². The molecule has 0 bridgehead atoms. The number of rotatable bonds is 4. The zero-order chi connectivity index (χ0) is 16.3. The zero-order valence-corrected chi connectivity index (χ0v) is 11.6. The SMILES string of the molecule is COc1ccc(O)c([C@H](N)c2ccc(OC(F)(F)F)cc2)c1. The van der Waals surface area contributed by atoms with Crippen LogP contribution in [0.3, 0.4) is 0 Å². The van der Waals surface area contributed by atoms with Crippen LogP contribution in [0.5, 0.6) is 17.2 Å². The molecule has 2 aromatic carbocycles. The number of hydrogen-bond donors (Lipinski definition) is 2. The molecule has 22 heavy (non-hydrogen) atoms. The van der Waals surface area contributed by atoms with Crippen molar-refractivity contribution in [3.05, 3.63) is 53.6 Å². The molecule has 0 aliphatic carbocycles. The molecule has 0 aliphatic rings. The van der Waals surface area contributed by atoms with E-state index < -0.39 is 12.4 Å². The summed E-state index contributed by atoms with van der Waals surface area (Å²) in [4.78, 5) is 0. The number of phenolic OH excluding ortho intramolecular Hbond substituents is 1. The van der Waals surface area contributed by atoms with Crippen molar-refractivity contribution < 1.29 is 27.8 Å². The number of aromatic hydroxyl groups is 1. The number of hydrogen-bond acceptors (Lipinski definition) is 4. The molecule has 0 radical (unpaired) electrons. The lowest BCUT2D eigenvalue weighted by molar-refractivity contribution is -0.274. The van der Waals surface area contributed by atoms with Crippen LogP contribution in [0.25, 0.3) is 0 Å². The first-order valence-electron chi connectivity index (χ1n) is 6.28. The zero-order valence-electron chi connectivity index (χ0n) is 11.6. The molecule has 0 amide bonds. The molecule has 0 unspecified atom stereocenters. The maximum absolute atomic E-state index is 12.1. The van der Waals surface area contributed by atoms with Crippen LogP contribution in [0, 0.1) is 0 Å². The van der Waals surface area contributed by atoms with Crippen molar-refractivity contribution in [2.24, 2.45) is 5.73 Å². The summed E-state index contributed by atoms with van der Waals surface area (Å²) in [7, 11) is 1.48. The number of benzene rings is 2. The van der Waals surface area contributed by atoms with E-state index in [-0.39, 0.29) is 11.5 Å². The normalized spacial score (nSPS) is 12.8. The number of alkyl halides is 3. The van der Waals surface area contributed by atoms with Gasteiger partial charge in [-0.3, -0.25) is 0 Å². The van der Waals surface area contributed by atoms with Crippen molar-refractivity contribution in [2.45, 2.75) is 12.4 Å². The Morgan fingerprint density at radius 3 is 2.18 bits per heavy atom. The van der Waals surface area contributed by atoms with Gasteiger partial charge in [-0.25, -0.2) is 0 Å². The summed E-state index contributed by atoms with van der Waals surface area (Å²) in [6.07, 6.45) is -4.74. The molecule has 4 nitrogen and oxygen atoms in total. The minimum absolute atomic E-state index is 0.0241. The lowest BCUT2D eigenvalue weighted by atomic mass is 9.98. The molecule has 118 valence electrons. The fourth-order valence-electron chi connectivity index (χ4n) is 1.97. The van der Waals surface area contributed by atoms with Gasteiger partial charge in [0, 0.05) is 5.56 Å². The van der Waals surface area contributed by atoms with E-state index in [0.717, 1.165) is 0 Å². The maximum Gasteiger partial charge on any atom is 0.573 e. The van der Waals surface area contributed by atoms with E-state index in [9.17, 15) is 18.3 Å². The molecule has 0 saturated carbocycles. The van der Waals surface area contributed by atoms with Crippen LogP contribution in [0.15, 0.2) is 42.5 Å². The predicted octanol–water partition coefficient (Wildman–Crippen LogP) is 3.35. The largest absolute Gasteiger partial charge is 0.573 e. The molecule has 1 atom stereocenters. The van der Waals surface area contributed by atoms with E-state index in [1.54, 1.807) is 12.1 Å². The molecule has 0 spiro atoms. The first kappa shape index (κ1) is 16.0. The van der Waals surface area contributed by atoms with Gasteiger partial charge >= 0.3 is 6.36 Å². The second-order valence-corrected chi connectivity index (χ2v) is 4.52. The summed E-state index contributed by atoms with van der Waals surface area (Å²) in [5.41, 5.74) is 6.97. The molecule has 0 aromatic heterocycles. The lowest BCUT2D eigenvalue weighted by Gasteiger charge is -2.16. The Hall–Kier alpha value is -2.41. The Bertz CT molecular complexity index is 641. The molecule has 2 aromatic rings. The predicted molar refractivity (Wildman–Crippen MR) is 73.8 cm³/mol. The smallest absolute Gasteiger partial charge is 0.508 e. The highest BCUT2D eigenvalue weighted by Gasteiger charge is 2.31. The van der Waals surface area contributed by atoms with Crippen molar-refractivity contribution in [3.8, 4) is 17.2 Å². The van der Waals surface area contributed by atoms with Gasteiger partial charge in [-0.15, -0.1) is 13.2 Å². The average Bonchev–Trinajstić information content (AvgIpc) is 2.46. The molecule has 0 aliphatic heterocycles. The quantitative estimate of drug-likeness (QED) is 0.908. The minimum Gasteiger partial charge on any atom is -0.508 e. The number of ether oxygens (including phenoxy) is 2. The first-order valence-corrected chi connectivity index (χ1v) is 6.28. The fraction of sp³-hybridized carbons (Fsp3) is 0.200. The summed E-state index contributed by atoms with van der Waals surface area (Å²) < 4.78 is 45.2. The van der Waals surface area contributed by atoms with Gasteiger partial charge in [0.05, 0.1) is 13.2 Å². The molecular formula is C15H14F3NO3. The highest BCUT2D eigenvalue weighted by molar-refractivity contribution is 5.45. The second kappa shape index (κ2) is 6.15. The highest BCUT2D eigenvalue weighted by Crippen LogP contribution is 2.32. The van der Waals surface area contributed by atoms with Crippen LogP contribution in [0.2, 0.25) is 0 Å². The molecule has 3 N–H and O–H groups in total. The molecule has 0 fully saturated rings. The van der Waals surface area contributed by atoms with Gasteiger partial charge in [-0.1, -0.05) is 12.1 Å². The van der Waals surface area contributed by atoms with Gasteiger partial charge in [0.15, 0.2) is 0 Å². The van der Waals surface area contributed by atoms with Crippen molar-refractivity contribution in [3.63, 3.8) is 0 Å². The van der Waals surface area contributed by atoms with Crippen LogP contribution in [0.4, 0.5) is 13.2 Å². The molecule has 2 rings (SSSR count). The van der Waals surface area contributed by atoms with E-state index in [2.05, 4.69) is 4.74 Å². The standard InChI is InChI=1S/C15H14F3NO3/c1-21-11-6-7-13(20)12(8-11)14(19)9-2-4-10(5-3-9)22-15(16,17)18/h2-8,14,20H,19H2,1H3/t14-/m1/s1. The van der Waals surface area contributed by atoms with Gasteiger partial charge in [-0.05, 0) is 35.9 Å². The molecule has 0 saturated heterocycles. The second-order valence-electron chi connectivity index (χ2n) is 4.52. The summed E-state index contributed by atoms with van der Waals surface area (Å²) in [6.45, 7) is 0. The van der Waals surface area contributed by atoms with Crippen LogP contribution >= 0.6 is 0 Å². The van der Waals surface area contributed by atoms with E-state index in [1.165, 1.54) is 37.4 Å². The van der Waals surface area contributed by atoms with Gasteiger partial charge in [0.1, 0.15) is 17.2 Å². The summed E-state index contributed by atoms with van der Waals surface area (Å²) in [5.74, 6) is 0.155. The Kier molecular flexibility index (Phi) is 4.46. The van der Waals surface area contributed by atoms with Gasteiger partial charge in [0.2, 0.25) is 0 Å². The van der Waals surface area contributed by atoms with Crippen LogP contribution in [0.1, 0.15) is 17.2 Å². The van der Waals surface area contributed by atoms with E-state index in [4.69, 9.17) is 10.5 Å². The summed E-state index contributed by atoms with van der Waals surface area (Å²) in [5, 5.41) is 9.86. The summed E-state index contributed by atoms with van der Waals surface area (Å²) >= 11 is 0. The first-order chi connectivity index (χ1) is 10.3. The van der Waals surface area contributed by atoms with Crippen LogP contribution in [-0.2, 0) is 0 Å². The van der Waals surface area contributed by atoms with Gasteiger partial charge in [-0.2, -0.15) is 0 Å². The molecular weight excluding hydrogens is 299 g/mol. The van der Waals surface area contributed by atoms with E-state index >= 15 is 0 Å². The topological polar surface area (TPSA) is 64.7 Å². The average molecular weight is 313 g/mol. The number of halogens is 3. The maximum atomic E-state index is 12.1. The highest BCUT2D eigenvalue weighted by atomic mass is 19.4. The van der Waals surface area contributed by atoms with E-state index in [1.807, 2.05) is 0 Å². The minimum atomic E-state index is -4.74. The number of phenols is 1. The summed E-state index contributed by atoms with van der Waals surface area (Å²) in [6, 6.07) is 9.02. The number of methoxy groups -OCH3 is 1. The Morgan fingerprint density at radius 2 is 1.64 bits per heavy atom. The third-order valence-electron chi connectivity index (χ3n) is 3.04. The third kappa shape index (κ3) is 3.82. The van der Waals surface area contributed by atoms with Gasteiger partial charge in [0.25, 0.3) is 0 Å².